The first kappa shape index (κ1) is 14.4. The van der Waals surface area contributed by atoms with E-state index >= 15 is 0 Å². The first-order valence-electron chi connectivity index (χ1n) is 6.58. The standard InChI is InChI=1S/C15H13FN4OS/c1-20-9-17-7-12(20)6-14(21)19-15-18-13(8-22-15)10-2-4-11(16)5-3-10/h2-5,7-9H,6H2,1H3,(H,18,19,21). The molecule has 0 atom stereocenters. The van der Waals surface area contributed by atoms with Crippen LogP contribution in [0.25, 0.3) is 11.3 Å². The fourth-order valence-corrected chi connectivity index (χ4v) is 2.70. The summed E-state index contributed by atoms with van der Waals surface area (Å²) < 4.78 is 14.7. The molecular weight excluding hydrogens is 303 g/mol. The SMILES string of the molecule is Cn1cncc1CC(=O)Nc1nc(-c2ccc(F)cc2)cs1. The van der Waals surface area contributed by atoms with E-state index in [4.69, 9.17) is 0 Å². The van der Waals surface area contributed by atoms with Crippen LogP contribution in [0.2, 0.25) is 0 Å². The van der Waals surface area contributed by atoms with Gasteiger partial charge in [0, 0.05) is 29.9 Å². The first-order valence-corrected chi connectivity index (χ1v) is 7.46. The summed E-state index contributed by atoms with van der Waals surface area (Å²) in [6.45, 7) is 0. The number of nitrogens with one attached hydrogen (secondary N) is 1. The lowest BCUT2D eigenvalue weighted by Gasteiger charge is -2.02. The molecule has 112 valence electrons. The topological polar surface area (TPSA) is 59.8 Å². The van der Waals surface area contributed by atoms with Crippen molar-refractivity contribution in [2.75, 3.05) is 5.32 Å². The van der Waals surface area contributed by atoms with Gasteiger partial charge >= 0.3 is 0 Å². The monoisotopic (exact) mass is 316 g/mol. The number of carbonyl (C=O) groups is 1. The van der Waals surface area contributed by atoms with Crippen molar-refractivity contribution in [3.05, 3.63) is 53.7 Å². The zero-order chi connectivity index (χ0) is 15.5. The van der Waals surface area contributed by atoms with E-state index < -0.39 is 0 Å². The molecule has 2 heterocycles. The molecule has 0 bridgehead atoms. The quantitative estimate of drug-likeness (QED) is 0.805. The molecule has 0 spiro atoms. The van der Waals surface area contributed by atoms with Gasteiger partial charge in [0.2, 0.25) is 5.91 Å². The van der Waals surface area contributed by atoms with E-state index in [1.165, 1.54) is 23.5 Å². The minimum Gasteiger partial charge on any atom is -0.337 e. The summed E-state index contributed by atoms with van der Waals surface area (Å²) >= 11 is 1.33. The molecule has 0 aliphatic heterocycles. The number of imidazole rings is 1. The molecule has 1 N–H and O–H groups in total. The largest absolute Gasteiger partial charge is 0.337 e. The minimum absolute atomic E-state index is 0.149. The Kier molecular flexibility index (Phi) is 3.97. The molecule has 1 aromatic carbocycles. The molecule has 22 heavy (non-hydrogen) atoms. The Labute approximate surface area is 130 Å². The molecule has 0 saturated heterocycles. The number of amides is 1. The molecule has 0 fully saturated rings. The maximum atomic E-state index is 12.9. The second-order valence-electron chi connectivity index (χ2n) is 4.77. The summed E-state index contributed by atoms with van der Waals surface area (Å²) in [7, 11) is 1.84. The van der Waals surface area contributed by atoms with Crippen molar-refractivity contribution >= 4 is 22.4 Å². The summed E-state index contributed by atoms with van der Waals surface area (Å²) in [6, 6.07) is 6.09. The van der Waals surface area contributed by atoms with Gasteiger partial charge in [0.25, 0.3) is 0 Å². The van der Waals surface area contributed by atoms with E-state index in [0.29, 0.717) is 10.8 Å². The lowest BCUT2D eigenvalue weighted by atomic mass is 10.2. The fourth-order valence-electron chi connectivity index (χ4n) is 1.97. The Bertz CT molecular complexity index is 794. The number of aryl methyl sites for hydroxylation is 1. The molecule has 1 amide bonds. The second-order valence-corrected chi connectivity index (χ2v) is 5.62. The van der Waals surface area contributed by atoms with Gasteiger partial charge in [-0.05, 0) is 24.3 Å². The van der Waals surface area contributed by atoms with Crippen molar-refractivity contribution in [3.8, 4) is 11.3 Å². The van der Waals surface area contributed by atoms with Crippen LogP contribution in [0.5, 0.6) is 0 Å². The van der Waals surface area contributed by atoms with Crippen molar-refractivity contribution < 1.29 is 9.18 Å². The maximum Gasteiger partial charge on any atom is 0.232 e. The molecule has 0 unspecified atom stereocenters. The predicted molar refractivity (Wildman–Crippen MR) is 83.0 cm³/mol. The van der Waals surface area contributed by atoms with Crippen LogP contribution in [0.1, 0.15) is 5.69 Å². The van der Waals surface area contributed by atoms with Crippen LogP contribution in [0, 0.1) is 5.82 Å². The highest BCUT2D eigenvalue weighted by molar-refractivity contribution is 7.14. The van der Waals surface area contributed by atoms with Crippen LogP contribution in [-0.2, 0) is 18.3 Å². The van der Waals surface area contributed by atoms with Crippen molar-refractivity contribution in [1.82, 2.24) is 14.5 Å². The van der Waals surface area contributed by atoms with Crippen LogP contribution in [0.3, 0.4) is 0 Å². The Balaban J connectivity index is 1.68. The number of nitrogens with zero attached hydrogens (tertiary/aromatic N) is 3. The van der Waals surface area contributed by atoms with Gasteiger partial charge < -0.3 is 9.88 Å². The van der Waals surface area contributed by atoms with E-state index in [0.717, 1.165) is 11.3 Å². The lowest BCUT2D eigenvalue weighted by Crippen LogP contribution is -2.15. The Morgan fingerprint density at radius 1 is 1.36 bits per heavy atom. The summed E-state index contributed by atoms with van der Waals surface area (Å²) in [4.78, 5) is 20.3. The Morgan fingerprint density at radius 3 is 2.82 bits per heavy atom. The number of rotatable bonds is 4. The van der Waals surface area contributed by atoms with Gasteiger partial charge in [-0.15, -0.1) is 11.3 Å². The molecule has 0 radical (unpaired) electrons. The number of anilines is 1. The molecule has 0 aliphatic carbocycles. The molecule has 0 aliphatic rings. The summed E-state index contributed by atoms with van der Waals surface area (Å²) in [5.74, 6) is -0.438. The summed E-state index contributed by atoms with van der Waals surface area (Å²) in [5.41, 5.74) is 2.35. The van der Waals surface area contributed by atoms with Gasteiger partial charge in [-0.25, -0.2) is 14.4 Å². The first-order chi connectivity index (χ1) is 10.6. The third-order valence-corrected chi connectivity index (χ3v) is 3.91. The van der Waals surface area contributed by atoms with E-state index in [2.05, 4.69) is 15.3 Å². The summed E-state index contributed by atoms with van der Waals surface area (Å²) in [5, 5.41) is 5.11. The summed E-state index contributed by atoms with van der Waals surface area (Å²) in [6.07, 6.45) is 3.55. The van der Waals surface area contributed by atoms with Crippen molar-refractivity contribution in [2.45, 2.75) is 6.42 Å². The van der Waals surface area contributed by atoms with Gasteiger partial charge in [0.1, 0.15) is 5.82 Å². The highest BCUT2D eigenvalue weighted by atomic mass is 32.1. The third-order valence-electron chi connectivity index (χ3n) is 3.15. The number of halogens is 1. The zero-order valence-corrected chi connectivity index (χ0v) is 12.6. The van der Waals surface area contributed by atoms with E-state index in [1.54, 1.807) is 29.2 Å². The maximum absolute atomic E-state index is 12.9. The van der Waals surface area contributed by atoms with E-state index in [9.17, 15) is 9.18 Å². The van der Waals surface area contributed by atoms with Crippen molar-refractivity contribution in [2.24, 2.45) is 7.05 Å². The highest BCUT2D eigenvalue weighted by Crippen LogP contribution is 2.25. The van der Waals surface area contributed by atoms with Crippen LogP contribution in [0.4, 0.5) is 9.52 Å². The van der Waals surface area contributed by atoms with Gasteiger partial charge in [0.05, 0.1) is 18.4 Å². The van der Waals surface area contributed by atoms with Gasteiger partial charge in [0.15, 0.2) is 5.13 Å². The van der Waals surface area contributed by atoms with Crippen molar-refractivity contribution in [3.63, 3.8) is 0 Å². The normalized spacial score (nSPS) is 10.6. The number of aromatic nitrogens is 3. The molecule has 7 heteroatoms. The van der Waals surface area contributed by atoms with Gasteiger partial charge in [-0.3, -0.25) is 4.79 Å². The molecular formula is C15H13FN4OS. The number of hydrogen-bond acceptors (Lipinski definition) is 4. The smallest absolute Gasteiger partial charge is 0.232 e. The second kappa shape index (κ2) is 6.07. The number of hydrogen-bond donors (Lipinski definition) is 1. The molecule has 0 saturated carbocycles. The molecule has 2 aromatic heterocycles. The molecule has 3 aromatic rings. The van der Waals surface area contributed by atoms with Crippen LogP contribution in [-0.4, -0.2) is 20.4 Å². The minimum atomic E-state index is -0.288. The van der Waals surface area contributed by atoms with Crippen LogP contribution in [0.15, 0.2) is 42.2 Å². The van der Waals surface area contributed by atoms with E-state index in [-0.39, 0.29) is 18.1 Å². The Hall–Kier alpha value is -2.54. The number of carbonyl (C=O) groups excluding carboxylic acids is 1. The molecule has 3 rings (SSSR count). The van der Waals surface area contributed by atoms with Crippen molar-refractivity contribution in [1.29, 1.82) is 0 Å². The van der Waals surface area contributed by atoms with Crippen LogP contribution >= 0.6 is 11.3 Å². The fraction of sp³-hybridized carbons (Fsp3) is 0.133. The predicted octanol–water partition coefficient (Wildman–Crippen LogP) is 2.86. The van der Waals surface area contributed by atoms with Crippen LogP contribution < -0.4 is 5.32 Å². The van der Waals surface area contributed by atoms with Gasteiger partial charge in [-0.2, -0.15) is 0 Å². The average molecular weight is 316 g/mol. The van der Waals surface area contributed by atoms with Gasteiger partial charge in [-0.1, -0.05) is 0 Å². The van der Waals surface area contributed by atoms with E-state index in [1.807, 2.05) is 12.4 Å². The number of thiazole rings is 1. The molecule has 5 nitrogen and oxygen atoms in total. The highest BCUT2D eigenvalue weighted by Gasteiger charge is 2.10. The number of benzene rings is 1. The average Bonchev–Trinajstić information content (AvgIpc) is 3.10. The third kappa shape index (κ3) is 3.20. The lowest BCUT2D eigenvalue weighted by molar-refractivity contribution is -0.115. The Morgan fingerprint density at radius 2 is 2.14 bits per heavy atom. The zero-order valence-electron chi connectivity index (χ0n) is 11.8.